The summed E-state index contributed by atoms with van der Waals surface area (Å²) in [5, 5.41) is 0.293. The molecule has 22 heavy (non-hydrogen) atoms. The summed E-state index contributed by atoms with van der Waals surface area (Å²) < 4.78 is 33.3. The van der Waals surface area contributed by atoms with Gasteiger partial charge in [-0.15, -0.1) is 0 Å². The molecule has 0 aromatic carbocycles. The zero-order valence-electron chi connectivity index (χ0n) is 12.2. The number of thioether (sulfide) groups is 1. The third-order valence-corrected chi connectivity index (χ3v) is 7.30. The van der Waals surface area contributed by atoms with E-state index in [9.17, 15) is 8.42 Å². The molecule has 2 fully saturated rings. The smallest absolute Gasteiger partial charge is 0.244 e. The molecule has 2 aliphatic rings. The summed E-state index contributed by atoms with van der Waals surface area (Å²) in [6.45, 7) is 1.15. The Labute approximate surface area is 140 Å². The summed E-state index contributed by atoms with van der Waals surface area (Å²) in [6.07, 6.45) is 4.14. The molecule has 0 aliphatic carbocycles. The molecule has 2 atom stereocenters. The van der Waals surface area contributed by atoms with Crippen LogP contribution in [0.25, 0.3) is 0 Å². The summed E-state index contributed by atoms with van der Waals surface area (Å²) in [5.41, 5.74) is 0. The molecule has 3 rings (SSSR count). The van der Waals surface area contributed by atoms with Crippen LogP contribution in [0.4, 0.5) is 0 Å². The molecular weight excluding hydrogens is 344 g/mol. The lowest BCUT2D eigenvalue weighted by Crippen LogP contribution is -2.44. The predicted molar refractivity (Wildman–Crippen MR) is 87.8 cm³/mol. The van der Waals surface area contributed by atoms with Gasteiger partial charge in [-0.3, -0.25) is 0 Å². The number of halogens is 1. The van der Waals surface area contributed by atoms with Crippen molar-refractivity contribution in [2.75, 3.05) is 24.7 Å². The number of hydrogen-bond donors (Lipinski definition) is 0. The van der Waals surface area contributed by atoms with Crippen LogP contribution in [-0.2, 0) is 14.8 Å². The number of ether oxygens (including phenoxy) is 1. The lowest BCUT2D eigenvalue weighted by atomic mass is 10.2. The highest BCUT2D eigenvalue weighted by Crippen LogP contribution is 2.29. The van der Waals surface area contributed by atoms with E-state index in [2.05, 4.69) is 4.98 Å². The first-order valence-corrected chi connectivity index (χ1v) is 10.4. The minimum Gasteiger partial charge on any atom is -0.377 e. The summed E-state index contributed by atoms with van der Waals surface area (Å²) in [4.78, 5) is 4.11. The first-order chi connectivity index (χ1) is 10.6. The van der Waals surface area contributed by atoms with Crippen LogP contribution in [0.1, 0.15) is 19.3 Å². The Hall–Kier alpha value is -0.340. The molecule has 8 heteroatoms. The highest BCUT2D eigenvalue weighted by molar-refractivity contribution is 7.99. The van der Waals surface area contributed by atoms with E-state index in [1.54, 1.807) is 16.1 Å². The van der Waals surface area contributed by atoms with Crippen LogP contribution >= 0.6 is 23.4 Å². The standard InChI is InChI=1S/C14H19ClN2O3S2/c15-14-4-3-13(8-16-14)22(18,19)17(11-5-7-21-10-11)9-12-2-1-6-20-12/h3-4,8,11-12H,1-2,5-7,9-10H2. The van der Waals surface area contributed by atoms with Gasteiger partial charge in [-0.2, -0.15) is 16.1 Å². The van der Waals surface area contributed by atoms with Crippen molar-refractivity contribution >= 4 is 33.4 Å². The van der Waals surface area contributed by atoms with E-state index < -0.39 is 10.0 Å². The Bertz CT molecular complexity index is 597. The molecule has 5 nitrogen and oxygen atoms in total. The second-order valence-electron chi connectivity index (χ2n) is 5.54. The van der Waals surface area contributed by atoms with Gasteiger partial charge in [-0.05, 0) is 37.1 Å². The van der Waals surface area contributed by atoms with E-state index in [1.165, 1.54) is 18.3 Å². The molecule has 2 aliphatic heterocycles. The molecule has 1 aromatic heterocycles. The van der Waals surface area contributed by atoms with Gasteiger partial charge in [0.05, 0.1) is 6.10 Å². The van der Waals surface area contributed by atoms with Crippen LogP contribution < -0.4 is 0 Å². The van der Waals surface area contributed by atoms with E-state index in [0.29, 0.717) is 11.7 Å². The van der Waals surface area contributed by atoms with Gasteiger partial charge in [0.2, 0.25) is 10.0 Å². The number of nitrogens with zero attached hydrogens (tertiary/aromatic N) is 2. The zero-order chi connectivity index (χ0) is 15.6. The van der Waals surface area contributed by atoms with E-state index in [-0.39, 0.29) is 17.0 Å². The second-order valence-corrected chi connectivity index (χ2v) is 8.97. The summed E-state index contributed by atoms with van der Waals surface area (Å²) in [7, 11) is -3.57. The van der Waals surface area contributed by atoms with Crippen LogP contribution in [0, 0.1) is 0 Å². The van der Waals surface area contributed by atoms with E-state index in [1.807, 2.05) is 0 Å². The number of sulfonamides is 1. The number of hydrogen-bond acceptors (Lipinski definition) is 5. The highest BCUT2D eigenvalue weighted by Gasteiger charge is 2.36. The predicted octanol–water partition coefficient (Wildman–Crippen LogP) is 2.41. The summed E-state index contributed by atoms with van der Waals surface area (Å²) >= 11 is 7.56. The third kappa shape index (κ3) is 3.59. The van der Waals surface area contributed by atoms with E-state index >= 15 is 0 Å². The fraction of sp³-hybridized carbons (Fsp3) is 0.643. The third-order valence-electron chi connectivity index (χ3n) is 4.03. The highest BCUT2D eigenvalue weighted by atomic mass is 35.5. The molecule has 3 heterocycles. The second kappa shape index (κ2) is 7.05. The quantitative estimate of drug-likeness (QED) is 0.753. The SMILES string of the molecule is O=S(=O)(c1ccc(Cl)nc1)N(CC1CCCO1)C1CCSC1. The molecule has 122 valence electrons. The van der Waals surface area contributed by atoms with Crippen molar-refractivity contribution in [3.05, 3.63) is 23.5 Å². The Morgan fingerprint density at radius 1 is 1.41 bits per heavy atom. The van der Waals surface area contributed by atoms with Gasteiger partial charge in [-0.1, -0.05) is 11.6 Å². The van der Waals surface area contributed by atoms with Gasteiger partial charge in [-0.25, -0.2) is 13.4 Å². The molecule has 0 saturated carbocycles. The van der Waals surface area contributed by atoms with Crippen molar-refractivity contribution in [2.24, 2.45) is 0 Å². The number of aromatic nitrogens is 1. The van der Waals surface area contributed by atoms with Crippen LogP contribution in [0.2, 0.25) is 5.15 Å². The molecule has 0 spiro atoms. The molecule has 2 saturated heterocycles. The Balaban J connectivity index is 1.87. The van der Waals surface area contributed by atoms with Gasteiger partial charge < -0.3 is 4.74 Å². The number of rotatable bonds is 5. The van der Waals surface area contributed by atoms with Gasteiger partial charge in [0, 0.05) is 31.1 Å². The Kier molecular flexibility index (Phi) is 5.29. The first-order valence-electron chi connectivity index (χ1n) is 7.40. The molecule has 0 N–H and O–H groups in total. The van der Waals surface area contributed by atoms with Gasteiger partial charge in [0.15, 0.2) is 0 Å². The minimum atomic E-state index is -3.57. The maximum atomic E-state index is 13.0. The molecule has 0 radical (unpaired) electrons. The van der Waals surface area contributed by atoms with Crippen molar-refractivity contribution in [3.63, 3.8) is 0 Å². The normalized spacial score (nSPS) is 25.9. The Morgan fingerprint density at radius 2 is 2.27 bits per heavy atom. The van der Waals surface area contributed by atoms with Crippen molar-refractivity contribution in [1.29, 1.82) is 0 Å². The van der Waals surface area contributed by atoms with Crippen molar-refractivity contribution in [3.8, 4) is 0 Å². The van der Waals surface area contributed by atoms with Crippen molar-refractivity contribution in [1.82, 2.24) is 9.29 Å². The van der Waals surface area contributed by atoms with Gasteiger partial charge in [0.1, 0.15) is 10.0 Å². The van der Waals surface area contributed by atoms with Crippen molar-refractivity contribution < 1.29 is 13.2 Å². The monoisotopic (exact) mass is 362 g/mol. The van der Waals surface area contributed by atoms with Crippen LogP contribution in [0.15, 0.2) is 23.2 Å². The summed E-state index contributed by atoms with van der Waals surface area (Å²) in [5.74, 6) is 1.84. The molecule has 2 unspecified atom stereocenters. The topological polar surface area (TPSA) is 59.5 Å². The van der Waals surface area contributed by atoms with Gasteiger partial charge >= 0.3 is 0 Å². The Morgan fingerprint density at radius 3 is 2.86 bits per heavy atom. The maximum absolute atomic E-state index is 13.0. The van der Waals surface area contributed by atoms with E-state index in [4.69, 9.17) is 16.3 Å². The average Bonchev–Trinajstić information content (AvgIpc) is 3.18. The summed E-state index contributed by atoms with van der Waals surface area (Å²) in [6, 6.07) is 3.08. The maximum Gasteiger partial charge on any atom is 0.244 e. The fourth-order valence-corrected chi connectivity index (χ4v) is 5.89. The lowest BCUT2D eigenvalue weighted by molar-refractivity contribution is 0.0877. The number of pyridine rings is 1. The minimum absolute atomic E-state index is 0.000587. The molecule has 0 bridgehead atoms. The van der Waals surface area contributed by atoms with Crippen LogP contribution in [-0.4, -0.2) is 54.5 Å². The molecule has 0 amide bonds. The first kappa shape index (κ1) is 16.5. The van der Waals surface area contributed by atoms with Gasteiger partial charge in [0.25, 0.3) is 0 Å². The van der Waals surface area contributed by atoms with Crippen molar-refractivity contribution in [2.45, 2.75) is 36.3 Å². The van der Waals surface area contributed by atoms with E-state index in [0.717, 1.165) is 37.4 Å². The molecule has 1 aromatic rings. The largest absolute Gasteiger partial charge is 0.377 e. The lowest BCUT2D eigenvalue weighted by Gasteiger charge is -2.29. The van der Waals surface area contributed by atoms with Crippen LogP contribution in [0.5, 0.6) is 0 Å². The molecular formula is C14H19ClN2O3S2. The zero-order valence-corrected chi connectivity index (χ0v) is 14.5. The van der Waals surface area contributed by atoms with Crippen LogP contribution in [0.3, 0.4) is 0 Å². The average molecular weight is 363 g/mol. The fourth-order valence-electron chi connectivity index (χ4n) is 2.83.